The zero-order valence-corrected chi connectivity index (χ0v) is 7.15. The van der Waals surface area contributed by atoms with E-state index in [0.717, 1.165) is 0 Å². The average Bonchev–Trinajstić information content (AvgIpc) is 1.35. The Morgan fingerprint density at radius 2 is 2.29 bits per heavy atom. The van der Waals surface area contributed by atoms with E-state index in [4.69, 9.17) is 0 Å². The van der Waals surface area contributed by atoms with Gasteiger partial charge in [0.1, 0.15) is 0 Å². The van der Waals surface area contributed by atoms with Gasteiger partial charge in [-0.25, -0.2) is 0 Å². The summed E-state index contributed by atoms with van der Waals surface area (Å²) in [4.78, 5) is 9.78. The first kappa shape index (κ1) is 10.5. The van der Waals surface area contributed by atoms with Crippen LogP contribution >= 0.6 is 0 Å². The summed E-state index contributed by atoms with van der Waals surface area (Å²) in [6, 6.07) is 0. The van der Waals surface area contributed by atoms with E-state index in [1.54, 1.807) is 0 Å². The quantitative estimate of drug-likeness (QED) is 0.426. The number of ether oxygens (including phenoxy) is 1. The number of carbonyl (C=O) groups excluding carboxylic acids is 1. The van der Waals surface area contributed by atoms with Crippen molar-refractivity contribution in [1.82, 2.24) is 0 Å². The van der Waals surface area contributed by atoms with Crippen molar-refractivity contribution >= 4 is 5.97 Å². The van der Waals surface area contributed by atoms with E-state index in [9.17, 15) is 4.79 Å². The van der Waals surface area contributed by atoms with Gasteiger partial charge in [0.2, 0.25) is 0 Å². The third-order valence-corrected chi connectivity index (χ3v) is 0.305. The summed E-state index contributed by atoms with van der Waals surface area (Å²) < 4.78 is 4.29. The van der Waals surface area contributed by atoms with Gasteiger partial charge >= 0.3 is 0 Å². The summed E-state index contributed by atoms with van der Waals surface area (Å²) in [7, 11) is 0. The Kier molecular flexibility index (Phi) is 9.89. The van der Waals surface area contributed by atoms with E-state index in [-0.39, 0.29) is 45.3 Å². The Balaban J connectivity index is 0. The number of carbonyl (C=O) groups is 1. The topological polar surface area (TPSA) is 26.3 Å². The van der Waals surface area contributed by atoms with E-state index in [1.165, 1.54) is 6.92 Å². The fraction of sp³-hybridized carbons (Fsp3) is 0.500. The van der Waals surface area contributed by atoms with Crippen LogP contribution in [0.1, 0.15) is 6.92 Å². The van der Waals surface area contributed by atoms with Crippen LogP contribution in [-0.4, -0.2) is 12.6 Å². The van der Waals surface area contributed by atoms with Gasteiger partial charge in [-0.3, -0.25) is 4.79 Å². The Labute approximate surface area is 68.5 Å². The van der Waals surface area contributed by atoms with Crippen molar-refractivity contribution in [3.8, 4) is 0 Å². The molecule has 0 N–H and O–H groups in total. The van der Waals surface area contributed by atoms with Gasteiger partial charge < -0.3 is 11.7 Å². The van der Waals surface area contributed by atoms with Crippen molar-refractivity contribution in [2.75, 3.05) is 6.61 Å². The molecule has 0 unspecified atom stereocenters. The van der Waals surface area contributed by atoms with Gasteiger partial charge in [-0.1, -0.05) is 0 Å². The second kappa shape index (κ2) is 6.57. The molecule has 2 nitrogen and oxygen atoms in total. The number of hydrogen-bond acceptors (Lipinski definition) is 2. The minimum atomic E-state index is -0.273. The molecular weight excluding hydrogens is 169 g/mol. The van der Waals surface area contributed by atoms with Crippen molar-refractivity contribution < 1.29 is 42.2 Å². The van der Waals surface area contributed by atoms with Gasteiger partial charge in [0.25, 0.3) is 5.97 Å². The molecule has 0 atom stereocenters. The monoisotopic (exact) mass is 176 g/mol. The molecule has 3 heteroatoms. The summed E-state index contributed by atoms with van der Waals surface area (Å²) in [5, 5.41) is 0. The molecule has 0 saturated carbocycles. The van der Waals surface area contributed by atoms with Crippen LogP contribution in [0.4, 0.5) is 0 Å². The third-order valence-electron chi connectivity index (χ3n) is 0.305. The van der Waals surface area contributed by atoms with Crippen molar-refractivity contribution in [3.63, 3.8) is 0 Å². The van der Waals surface area contributed by atoms with Crippen LogP contribution in [0.5, 0.6) is 0 Å². The average molecular weight is 176 g/mol. The molecule has 0 aliphatic heterocycles. The van der Waals surface area contributed by atoms with Crippen LogP contribution in [0.3, 0.4) is 0 Å². The minimum Gasteiger partial charge on any atom is -0.499 e. The summed E-state index contributed by atoms with van der Waals surface area (Å²) >= 11 is 0. The molecule has 0 aliphatic rings. The fourth-order valence-corrected chi connectivity index (χ4v) is 0.144. The first-order valence-electron chi connectivity index (χ1n) is 1.70. The van der Waals surface area contributed by atoms with E-state index in [1.807, 2.05) is 0 Å². The van der Waals surface area contributed by atoms with Crippen LogP contribution < -0.4 is 0 Å². The molecule has 0 bridgehead atoms. The second-order valence-corrected chi connectivity index (χ2v) is 0.840. The number of esters is 1. The molecule has 0 aromatic rings. The van der Waals surface area contributed by atoms with Crippen LogP contribution in [0.2, 0.25) is 0 Å². The van der Waals surface area contributed by atoms with Crippen molar-refractivity contribution in [2.45, 2.75) is 6.92 Å². The molecule has 0 aliphatic carbocycles. The van der Waals surface area contributed by atoms with Gasteiger partial charge in [-0.05, 0) is 6.61 Å². The van der Waals surface area contributed by atoms with Crippen molar-refractivity contribution in [1.29, 1.82) is 0 Å². The molecule has 7 heavy (non-hydrogen) atoms. The molecule has 0 amide bonds. The normalized spacial score (nSPS) is 6.57. The third kappa shape index (κ3) is 10.8. The summed E-state index contributed by atoms with van der Waals surface area (Å²) in [6.07, 6.45) is 0. The summed E-state index contributed by atoms with van der Waals surface area (Å²) in [5.74, 6) is -0.273. The molecule has 0 aromatic carbocycles. The van der Waals surface area contributed by atoms with Gasteiger partial charge in [0, 0.05) is 39.6 Å². The van der Waals surface area contributed by atoms with Crippen molar-refractivity contribution in [3.05, 3.63) is 6.92 Å². The zero-order valence-electron chi connectivity index (χ0n) is 4.31. The second-order valence-electron chi connectivity index (χ2n) is 0.840. The molecule has 0 spiro atoms. The molecular formula is C4H7O2Y-. The molecule has 0 aromatic heterocycles. The van der Waals surface area contributed by atoms with Crippen LogP contribution in [-0.2, 0) is 42.2 Å². The van der Waals surface area contributed by atoms with Crippen LogP contribution in [0.15, 0.2) is 0 Å². The van der Waals surface area contributed by atoms with Gasteiger partial charge in [0.05, 0.1) is 0 Å². The van der Waals surface area contributed by atoms with Crippen LogP contribution in [0.25, 0.3) is 0 Å². The summed E-state index contributed by atoms with van der Waals surface area (Å²) in [5.41, 5.74) is 0. The maximum absolute atomic E-state index is 9.78. The molecule has 0 saturated heterocycles. The predicted molar refractivity (Wildman–Crippen MR) is 22.0 cm³/mol. The molecule has 0 rings (SSSR count). The maximum atomic E-state index is 9.78. The molecule has 39 valence electrons. The molecule has 0 heterocycles. The molecule has 0 fully saturated rings. The zero-order chi connectivity index (χ0) is 4.99. The van der Waals surface area contributed by atoms with Crippen LogP contribution in [0, 0.1) is 6.92 Å². The first-order chi connectivity index (χ1) is 2.77. The standard InChI is InChI=1S/C4H7O2.Y/c1-3-6-4(2)5;/h1,3H2,2H3;/q-1;. The largest absolute Gasteiger partial charge is 0.499 e. The van der Waals surface area contributed by atoms with Gasteiger partial charge in [-0.15, -0.1) is 0 Å². The van der Waals surface area contributed by atoms with E-state index in [0.29, 0.717) is 0 Å². The Morgan fingerprint density at radius 1 is 1.86 bits per heavy atom. The van der Waals surface area contributed by atoms with Crippen molar-refractivity contribution in [2.24, 2.45) is 0 Å². The predicted octanol–water partition coefficient (Wildman–Crippen LogP) is 0.381. The summed E-state index contributed by atoms with van der Waals surface area (Å²) in [6.45, 7) is 4.87. The Bertz CT molecular complexity index is 53.7. The maximum Gasteiger partial charge on any atom is 0.299 e. The van der Waals surface area contributed by atoms with E-state index >= 15 is 0 Å². The van der Waals surface area contributed by atoms with Gasteiger partial charge in [-0.2, -0.15) is 0 Å². The minimum absolute atomic E-state index is 0. The van der Waals surface area contributed by atoms with E-state index < -0.39 is 0 Å². The number of rotatable bonds is 1. The smallest absolute Gasteiger partial charge is 0.299 e. The Hall–Kier alpha value is 0.574. The molecule has 1 radical (unpaired) electrons. The fourth-order valence-electron chi connectivity index (χ4n) is 0.144. The first-order valence-corrected chi connectivity index (χ1v) is 1.70. The number of hydrogen-bond donors (Lipinski definition) is 0. The Morgan fingerprint density at radius 3 is 2.29 bits per heavy atom. The van der Waals surface area contributed by atoms with E-state index in [2.05, 4.69) is 11.7 Å². The SMILES string of the molecule is [CH2-]COC(C)=O.[Y]. The van der Waals surface area contributed by atoms with Gasteiger partial charge in [0.15, 0.2) is 0 Å².